The predicted molar refractivity (Wildman–Crippen MR) is 270 cm³/mol. The van der Waals surface area contributed by atoms with Crippen molar-refractivity contribution in [1.82, 2.24) is 46.6 Å². The number of carboxylic acids is 1. The summed E-state index contributed by atoms with van der Waals surface area (Å²) in [4.78, 5) is 140. The van der Waals surface area contributed by atoms with E-state index in [1.807, 2.05) is 34.6 Å². The number of amides is 9. The van der Waals surface area contributed by atoms with Crippen LogP contribution in [0, 0.1) is 17.8 Å². The highest BCUT2D eigenvalue weighted by atomic mass is 16.4. The van der Waals surface area contributed by atoms with Crippen LogP contribution in [0.2, 0.25) is 0 Å². The zero-order valence-corrected chi connectivity index (χ0v) is 44.1. The Morgan fingerprint density at radius 1 is 0.595 bits per heavy atom. The van der Waals surface area contributed by atoms with Gasteiger partial charge >= 0.3 is 5.97 Å². The quantitative estimate of drug-likeness (QED) is 0.0585. The van der Waals surface area contributed by atoms with Crippen LogP contribution in [0.25, 0.3) is 0 Å². The van der Waals surface area contributed by atoms with Gasteiger partial charge in [0.2, 0.25) is 53.2 Å². The highest BCUT2D eigenvalue weighted by Crippen LogP contribution is 2.27. The van der Waals surface area contributed by atoms with Crippen LogP contribution < -0.4 is 37.6 Å². The lowest BCUT2D eigenvalue weighted by atomic mass is 9.97. The number of aromatic hydroxyl groups is 1. The highest BCUT2D eigenvalue weighted by Gasteiger charge is 2.45. The highest BCUT2D eigenvalue weighted by molar-refractivity contribution is 5.99. The van der Waals surface area contributed by atoms with Gasteiger partial charge in [-0.1, -0.05) is 60.1 Å². The van der Waals surface area contributed by atoms with Crippen molar-refractivity contribution in [2.24, 2.45) is 23.5 Å². The Kier molecular flexibility index (Phi) is 22.6. The van der Waals surface area contributed by atoms with Gasteiger partial charge in [0, 0.05) is 26.1 Å². The van der Waals surface area contributed by atoms with Gasteiger partial charge in [-0.2, -0.15) is 0 Å². The molecule has 0 aliphatic carbocycles. The molecule has 23 heteroatoms. The fraction of sp³-hybridized carbons (Fsp3) is 0.686. The number of carbonyl (C=O) groups is 10. The number of aliphatic carboxylic acids is 1. The molecule has 3 fully saturated rings. The molecule has 3 aliphatic rings. The number of carboxylic acid groups (broad SMARTS) is 1. The lowest BCUT2D eigenvalue weighted by Crippen LogP contribution is -2.61. The average molecular weight is 1040 g/mol. The molecule has 11 N–H and O–H groups in total. The topological polar surface area (TPSA) is 339 Å². The Morgan fingerprint density at radius 2 is 1.08 bits per heavy atom. The summed E-state index contributed by atoms with van der Waals surface area (Å²) in [6.07, 6.45) is 3.09. The van der Waals surface area contributed by atoms with Crippen molar-refractivity contribution >= 4 is 59.1 Å². The molecule has 11 atom stereocenters. The molecule has 0 saturated carbocycles. The fourth-order valence-electron chi connectivity index (χ4n) is 9.63. The summed E-state index contributed by atoms with van der Waals surface area (Å²) in [5, 5.41) is 45.6. The van der Waals surface area contributed by atoms with Crippen LogP contribution in [0.4, 0.5) is 0 Å². The van der Waals surface area contributed by atoms with E-state index in [1.165, 1.54) is 40.7 Å². The summed E-state index contributed by atoms with van der Waals surface area (Å²) < 4.78 is 0. The summed E-state index contributed by atoms with van der Waals surface area (Å²) in [5.41, 5.74) is 6.36. The number of phenols is 1. The normalized spacial score (nSPS) is 20.9. The number of hydrogen-bond donors (Lipinski definition) is 10. The summed E-state index contributed by atoms with van der Waals surface area (Å²) in [7, 11) is 0. The number of aliphatic hydroxyl groups is 1. The van der Waals surface area contributed by atoms with E-state index < -0.39 is 126 Å². The smallest absolute Gasteiger partial charge is 0.326 e. The molecule has 0 spiro atoms. The van der Waals surface area contributed by atoms with Crippen molar-refractivity contribution in [2.75, 3.05) is 26.2 Å². The largest absolute Gasteiger partial charge is 0.508 e. The molecule has 1 aromatic carbocycles. The van der Waals surface area contributed by atoms with Gasteiger partial charge in [-0.3, -0.25) is 43.2 Å². The number of likely N-dealkylation sites (tertiary alicyclic amines) is 3. The van der Waals surface area contributed by atoms with Crippen LogP contribution in [0.1, 0.15) is 119 Å². The van der Waals surface area contributed by atoms with Gasteiger partial charge in [-0.25, -0.2) is 4.79 Å². The minimum absolute atomic E-state index is 0.000314. The molecule has 0 aromatic heterocycles. The van der Waals surface area contributed by atoms with E-state index in [4.69, 9.17) is 5.73 Å². The third-order valence-electron chi connectivity index (χ3n) is 13.9. The van der Waals surface area contributed by atoms with Gasteiger partial charge in [-0.15, -0.1) is 0 Å². The van der Waals surface area contributed by atoms with Crippen LogP contribution in [0.5, 0.6) is 5.75 Å². The molecular weight excluding hydrogens is 961 g/mol. The first-order chi connectivity index (χ1) is 34.9. The molecule has 0 radical (unpaired) electrons. The zero-order chi connectivity index (χ0) is 55.1. The maximum atomic E-state index is 14.5. The number of phenolic OH excluding ortho intramolecular Hbond substituents is 1. The number of carbonyl (C=O) groups excluding carboxylic acids is 9. The minimum Gasteiger partial charge on any atom is -0.508 e. The second kappa shape index (κ2) is 27.8. The Morgan fingerprint density at radius 3 is 1.62 bits per heavy atom. The number of hydrogen-bond acceptors (Lipinski definition) is 13. The molecule has 9 amide bonds. The van der Waals surface area contributed by atoms with Crippen molar-refractivity contribution in [3.63, 3.8) is 0 Å². The molecule has 23 nitrogen and oxygen atoms in total. The van der Waals surface area contributed by atoms with Gasteiger partial charge in [0.05, 0.1) is 12.6 Å². The first kappa shape index (κ1) is 60.2. The molecule has 4 rings (SSSR count). The Hall–Kier alpha value is -6.36. The third-order valence-corrected chi connectivity index (χ3v) is 13.9. The maximum Gasteiger partial charge on any atom is 0.326 e. The lowest BCUT2D eigenvalue weighted by Gasteiger charge is -2.34. The van der Waals surface area contributed by atoms with E-state index in [-0.39, 0.29) is 68.7 Å². The minimum atomic E-state index is -1.58. The van der Waals surface area contributed by atoms with E-state index in [1.54, 1.807) is 19.1 Å². The molecule has 0 unspecified atom stereocenters. The van der Waals surface area contributed by atoms with E-state index in [2.05, 4.69) is 31.9 Å². The summed E-state index contributed by atoms with van der Waals surface area (Å²) in [6, 6.07) is -5.35. The molecule has 412 valence electrons. The number of benzene rings is 1. The van der Waals surface area contributed by atoms with E-state index in [9.17, 15) is 63.3 Å². The van der Waals surface area contributed by atoms with Crippen molar-refractivity contribution in [3.8, 4) is 5.75 Å². The van der Waals surface area contributed by atoms with Crippen LogP contribution in [0.3, 0.4) is 0 Å². The van der Waals surface area contributed by atoms with E-state index in [0.29, 0.717) is 44.2 Å². The zero-order valence-electron chi connectivity index (χ0n) is 44.1. The number of rotatable bonds is 25. The van der Waals surface area contributed by atoms with Crippen LogP contribution >= 0.6 is 0 Å². The lowest BCUT2D eigenvalue weighted by molar-refractivity contribution is -0.149. The molecular formula is C51H80N10O13. The first-order valence-electron chi connectivity index (χ1n) is 26.0. The number of nitrogens with zero attached hydrogens (tertiary/aromatic N) is 3. The van der Waals surface area contributed by atoms with Gasteiger partial charge in [0.1, 0.15) is 60.1 Å². The number of aliphatic hydroxyl groups excluding tert-OH is 1. The summed E-state index contributed by atoms with van der Waals surface area (Å²) >= 11 is 0. The van der Waals surface area contributed by atoms with Gasteiger partial charge in [0.25, 0.3) is 0 Å². The standard InChI is InChI=1S/C51H80N10O13/c1-9-29(6)41(58-46(68)39-14-10-20-59(39)48(70)30(7)52)47(69)53-31(8)42(64)57-37(26-62)44(66)54-34(23-27(2)3)43(65)55-35(24-28(4)5)49(71)61-22-12-15-40(61)50(72)60-21-11-13-38(60)45(67)56-36(51(73)74)25-32-16-18-33(63)19-17-32/h16-19,27-31,34-41,62-63H,9-15,20-26,52H2,1-8H3,(H,53,69)(H,54,66)(H,55,65)(H,56,67)(H,57,64)(H,58,68)(H,73,74)/t29-,30-,31-,34-,35-,36-,37-,38-,39-,40-,41-/m0/s1. The number of nitrogens with one attached hydrogen (secondary N) is 6. The van der Waals surface area contributed by atoms with Gasteiger partial charge in [0.15, 0.2) is 0 Å². The molecule has 74 heavy (non-hydrogen) atoms. The maximum absolute atomic E-state index is 14.5. The Bertz CT molecular complexity index is 2170. The van der Waals surface area contributed by atoms with Gasteiger partial charge in [-0.05, 0) is 101 Å². The van der Waals surface area contributed by atoms with Crippen molar-refractivity contribution < 1.29 is 63.3 Å². The number of nitrogens with two attached hydrogens (primary N) is 1. The van der Waals surface area contributed by atoms with E-state index >= 15 is 0 Å². The monoisotopic (exact) mass is 1040 g/mol. The second-order valence-electron chi connectivity index (χ2n) is 20.9. The van der Waals surface area contributed by atoms with Crippen LogP contribution in [-0.4, -0.2) is 176 Å². The SMILES string of the molecule is CC[C@H](C)[C@H](NC(=O)[C@@H]1CCCN1C(=O)[C@H](C)N)C(=O)N[C@@H](C)C(=O)N[C@@H](CO)C(=O)N[C@@H](CC(C)C)C(=O)N[C@@H](CC(C)C)C(=O)N1CCC[C@H]1C(=O)N1CCC[C@H]1C(=O)N[C@@H](Cc1ccc(O)cc1)C(=O)O. The van der Waals surface area contributed by atoms with Crippen molar-refractivity contribution in [2.45, 2.75) is 180 Å². The molecule has 3 aliphatic heterocycles. The van der Waals surface area contributed by atoms with E-state index in [0.717, 1.165) is 0 Å². The van der Waals surface area contributed by atoms with Crippen LogP contribution in [0.15, 0.2) is 24.3 Å². The Balaban J connectivity index is 1.41. The van der Waals surface area contributed by atoms with Gasteiger partial charge < -0.3 is 67.7 Å². The Labute approximate surface area is 433 Å². The summed E-state index contributed by atoms with van der Waals surface area (Å²) in [6.45, 7) is 13.6. The summed E-state index contributed by atoms with van der Waals surface area (Å²) in [5.74, 6) is -7.76. The fourth-order valence-corrected chi connectivity index (χ4v) is 9.63. The molecule has 3 heterocycles. The molecule has 3 saturated heterocycles. The van der Waals surface area contributed by atoms with Crippen molar-refractivity contribution in [1.29, 1.82) is 0 Å². The molecule has 0 bridgehead atoms. The first-order valence-corrected chi connectivity index (χ1v) is 26.0. The predicted octanol–water partition coefficient (Wildman–Crippen LogP) is -0.601. The molecule has 1 aromatic rings. The van der Waals surface area contributed by atoms with Crippen LogP contribution in [-0.2, 0) is 54.4 Å². The average Bonchev–Trinajstić information content (AvgIpc) is 4.16. The van der Waals surface area contributed by atoms with Crippen molar-refractivity contribution in [3.05, 3.63) is 29.8 Å². The third kappa shape index (κ3) is 16.3. The second-order valence-corrected chi connectivity index (χ2v) is 20.9.